The molecule has 0 aliphatic carbocycles. The van der Waals surface area contributed by atoms with Gasteiger partial charge in [-0.3, -0.25) is 9.48 Å². The lowest BCUT2D eigenvalue weighted by Gasteiger charge is -2.26. The molecule has 0 radical (unpaired) electrons. The number of benzene rings is 1. The molecule has 0 saturated heterocycles. The van der Waals surface area contributed by atoms with E-state index in [1.807, 2.05) is 35.5 Å². The molecule has 2 aromatic heterocycles. The molecule has 1 aromatic carbocycles. The number of aromatic nitrogens is 2. The van der Waals surface area contributed by atoms with Crippen molar-refractivity contribution >= 4 is 28.8 Å². The fourth-order valence-corrected chi connectivity index (χ4v) is 4.48. The van der Waals surface area contributed by atoms with Crippen LogP contribution in [-0.2, 0) is 20.0 Å². The molecule has 26 heavy (non-hydrogen) atoms. The van der Waals surface area contributed by atoms with Gasteiger partial charge >= 0.3 is 0 Å². The monoisotopic (exact) mass is 386 g/mol. The number of aryl methyl sites for hydroxylation is 1. The molecular formula is C19H19ClN4OS. The maximum Gasteiger partial charge on any atom is 0.254 e. The summed E-state index contributed by atoms with van der Waals surface area (Å²) in [5.41, 5.74) is 10.8. The lowest BCUT2D eigenvalue weighted by molar-refractivity contribution is 0.0708. The number of amides is 1. The van der Waals surface area contributed by atoms with Crippen LogP contribution >= 0.6 is 22.9 Å². The zero-order chi connectivity index (χ0) is 18.3. The van der Waals surface area contributed by atoms with Gasteiger partial charge < -0.3 is 10.6 Å². The third-order valence-electron chi connectivity index (χ3n) is 4.87. The molecule has 5 nitrogen and oxygen atoms in total. The number of halogens is 1. The van der Waals surface area contributed by atoms with Crippen LogP contribution in [-0.4, -0.2) is 33.2 Å². The van der Waals surface area contributed by atoms with Gasteiger partial charge in [-0.15, -0.1) is 0 Å². The Morgan fingerprint density at radius 2 is 2.23 bits per heavy atom. The van der Waals surface area contributed by atoms with E-state index in [0.717, 1.165) is 28.8 Å². The lowest BCUT2D eigenvalue weighted by atomic mass is 10.0. The molecule has 1 aliphatic heterocycles. The molecule has 1 aliphatic rings. The second kappa shape index (κ2) is 6.87. The van der Waals surface area contributed by atoms with Crippen LogP contribution in [0.4, 0.5) is 0 Å². The predicted molar refractivity (Wildman–Crippen MR) is 104 cm³/mol. The van der Waals surface area contributed by atoms with E-state index in [2.05, 4.69) is 16.5 Å². The Hall–Kier alpha value is -2.15. The Balaban J connectivity index is 1.63. The smallest absolute Gasteiger partial charge is 0.254 e. The summed E-state index contributed by atoms with van der Waals surface area (Å²) in [5.74, 6) is 0.0494. The number of carbonyl (C=O) groups is 1. The Labute approximate surface area is 161 Å². The fraction of sp³-hybridized carbons (Fsp3) is 0.263. The van der Waals surface area contributed by atoms with Crippen molar-refractivity contribution in [1.29, 1.82) is 0 Å². The molecule has 0 bridgehead atoms. The van der Waals surface area contributed by atoms with Gasteiger partial charge in [0.15, 0.2) is 0 Å². The molecular weight excluding hydrogens is 368 g/mol. The predicted octanol–water partition coefficient (Wildman–Crippen LogP) is 3.33. The van der Waals surface area contributed by atoms with E-state index in [-0.39, 0.29) is 11.9 Å². The standard InChI is InChI=1S/C19H19ClN4OS/c1-23-18(17(20)9-22-23)13-2-3-16-14(7-13)10-24(19(16)25)15(8-21)6-12-4-5-26-11-12/h2-5,7,9,11,15H,6,8,10,21H2,1H3/t15-/m0/s1. The summed E-state index contributed by atoms with van der Waals surface area (Å²) in [6.07, 6.45) is 2.41. The van der Waals surface area contributed by atoms with Crippen molar-refractivity contribution in [2.75, 3.05) is 6.54 Å². The summed E-state index contributed by atoms with van der Waals surface area (Å²) in [7, 11) is 1.86. The minimum absolute atomic E-state index is 0.00626. The van der Waals surface area contributed by atoms with Crippen LogP contribution in [0.2, 0.25) is 5.02 Å². The van der Waals surface area contributed by atoms with Crippen molar-refractivity contribution in [3.63, 3.8) is 0 Å². The first-order valence-corrected chi connectivity index (χ1v) is 9.73. The molecule has 3 heterocycles. The molecule has 0 saturated carbocycles. The minimum Gasteiger partial charge on any atom is -0.330 e. The Bertz CT molecular complexity index is 931. The van der Waals surface area contributed by atoms with Gasteiger partial charge in [0, 0.05) is 37.3 Å². The zero-order valence-corrected chi connectivity index (χ0v) is 15.9. The van der Waals surface area contributed by atoms with Crippen molar-refractivity contribution in [3.8, 4) is 11.3 Å². The van der Waals surface area contributed by atoms with Gasteiger partial charge in [0.25, 0.3) is 5.91 Å². The van der Waals surface area contributed by atoms with Crippen LogP contribution in [0.3, 0.4) is 0 Å². The summed E-state index contributed by atoms with van der Waals surface area (Å²) >= 11 is 7.92. The largest absolute Gasteiger partial charge is 0.330 e. The SMILES string of the molecule is Cn1ncc(Cl)c1-c1ccc2c(c1)CN([C@H](CN)Cc1ccsc1)C2=O. The number of thiophene rings is 1. The molecule has 4 rings (SSSR count). The van der Waals surface area contributed by atoms with Crippen molar-refractivity contribution < 1.29 is 4.79 Å². The van der Waals surface area contributed by atoms with E-state index in [1.165, 1.54) is 5.56 Å². The Kier molecular flexibility index (Phi) is 4.56. The first-order chi connectivity index (χ1) is 12.6. The fourth-order valence-electron chi connectivity index (χ4n) is 3.52. The van der Waals surface area contributed by atoms with E-state index >= 15 is 0 Å². The average molecular weight is 387 g/mol. The highest BCUT2D eigenvalue weighted by Gasteiger charge is 2.32. The summed E-state index contributed by atoms with van der Waals surface area (Å²) in [4.78, 5) is 14.8. The average Bonchev–Trinajstić information content (AvgIpc) is 3.33. The van der Waals surface area contributed by atoms with Crippen LogP contribution in [0, 0.1) is 0 Å². The molecule has 0 spiro atoms. The number of hydrogen-bond donors (Lipinski definition) is 1. The van der Waals surface area contributed by atoms with Crippen LogP contribution in [0.1, 0.15) is 21.5 Å². The van der Waals surface area contributed by atoms with Crippen molar-refractivity contribution in [1.82, 2.24) is 14.7 Å². The summed E-state index contributed by atoms with van der Waals surface area (Å²) < 4.78 is 1.75. The quantitative estimate of drug-likeness (QED) is 0.731. The van der Waals surface area contributed by atoms with Crippen LogP contribution in [0.5, 0.6) is 0 Å². The summed E-state index contributed by atoms with van der Waals surface area (Å²) in [6, 6.07) is 7.93. The van der Waals surface area contributed by atoms with E-state index in [9.17, 15) is 4.79 Å². The maximum atomic E-state index is 12.9. The van der Waals surface area contributed by atoms with Crippen molar-refractivity contribution in [3.05, 3.63) is 62.9 Å². The van der Waals surface area contributed by atoms with Gasteiger partial charge in [-0.05, 0) is 46.5 Å². The van der Waals surface area contributed by atoms with E-state index in [4.69, 9.17) is 17.3 Å². The molecule has 0 unspecified atom stereocenters. The highest BCUT2D eigenvalue weighted by atomic mass is 35.5. The van der Waals surface area contributed by atoms with Crippen LogP contribution < -0.4 is 5.73 Å². The molecule has 1 atom stereocenters. The van der Waals surface area contributed by atoms with Crippen molar-refractivity contribution in [2.45, 2.75) is 19.0 Å². The molecule has 0 fully saturated rings. The molecule has 3 aromatic rings. The van der Waals surface area contributed by atoms with Gasteiger partial charge in [-0.25, -0.2) is 0 Å². The first kappa shape index (κ1) is 17.3. The topological polar surface area (TPSA) is 64.2 Å². The number of nitrogens with two attached hydrogens (primary N) is 1. The van der Waals surface area contributed by atoms with Gasteiger partial charge in [0.05, 0.1) is 16.9 Å². The third kappa shape index (κ3) is 2.94. The van der Waals surface area contributed by atoms with Crippen LogP contribution in [0.25, 0.3) is 11.3 Å². The van der Waals surface area contributed by atoms with Gasteiger partial charge in [-0.2, -0.15) is 16.4 Å². The van der Waals surface area contributed by atoms with E-state index < -0.39 is 0 Å². The highest BCUT2D eigenvalue weighted by Crippen LogP contribution is 2.33. The minimum atomic E-state index is -0.00626. The number of carbonyl (C=O) groups excluding carboxylic acids is 1. The normalized spacial score (nSPS) is 14.7. The Morgan fingerprint density at radius 3 is 2.88 bits per heavy atom. The summed E-state index contributed by atoms with van der Waals surface area (Å²) in [6.45, 7) is 1.01. The van der Waals surface area contributed by atoms with E-state index in [1.54, 1.807) is 22.2 Å². The highest BCUT2D eigenvalue weighted by molar-refractivity contribution is 7.07. The number of rotatable bonds is 5. The van der Waals surface area contributed by atoms with E-state index in [0.29, 0.717) is 18.1 Å². The van der Waals surface area contributed by atoms with Crippen LogP contribution in [0.15, 0.2) is 41.2 Å². The molecule has 134 valence electrons. The second-order valence-corrected chi connectivity index (χ2v) is 7.68. The molecule has 2 N–H and O–H groups in total. The second-order valence-electron chi connectivity index (χ2n) is 6.49. The Morgan fingerprint density at radius 1 is 1.38 bits per heavy atom. The summed E-state index contributed by atoms with van der Waals surface area (Å²) in [5, 5.41) is 8.95. The zero-order valence-electron chi connectivity index (χ0n) is 14.4. The number of fused-ring (bicyclic) bond motifs is 1. The third-order valence-corrected chi connectivity index (χ3v) is 5.88. The molecule has 7 heteroatoms. The lowest BCUT2D eigenvalue weighted by Crippen LogP contribution is -2.42. The van der Waals surface area contributed by atoms with Crippen molar-refractivity contribution in [2.24, 2.45) is 12.8 Å². The molecule has 1 amide bonds. The first-order valence-electron chi connectivity index (χ1n) is 8.41. The number of hydrogen-bond acceptors (Lipinski definition) is 4. The number of nitrogens with zero attached hydrogens (tertiary/aromatic N) is 3. The van der Waals surface area contributed by atoms with Gasteiger partial charge in [0.2, 0.25) is 0 Å². The maximum absolute atomic E-state index is 12.9. The van der Waals surface area contributed by atoms with Gasteiger partial charge in [-0.1, -0.05) is 17.7 Å². The van der Waals surface area contributed by atoms with Gasteiger partial charge in [0.1, 0.15) is 0 Å².